The van der Waals surface area contributed by atoms with Crippen LogP contribution in [0.5, 0.6) is 0 Å². The predicted octanol–water partition coefficient (Wildman–Crippen LogP) is 2.83. The highest BCUT2D eigenvalue weighted by molar-refractivity contribution is 5.79. The SMILES string of the molecule is CCNC(=NCC(CC)(CC)NC(=O)OC(C)(C)C)NCCn1cc(C)cn1. The van der Waals surface area contributed by atoms with E-state index in [9.17, 15) is 4.79 Å². The summed E-state index contributed by atoms with van der Waals surface area (Å²) in [6, 6.07) is 0. The Bertz CT molecular complexity index is 629. The fourth-order valence-corrected chi connectivity index (χ4v) is 2.66. The number of nitrogens with zero attached hydrogens (tertiary/aromatic N) is 3. The van der Waals surface area contributed by atoms with E-state index in [-0.39, 0.29) is 0 Å². The van der Waals surface area contributed by atoms with Crippen LogP contribution in [0.15, 0.2) is 17.4 Å². The maximum Gasteiger partial charge on any atom is 0.408 e. The molecular weight excluding hydrogens is 356 g/mol. The third-order valence-electron chi connectivity index (χ3n) is 4.40. The van der Waals surface area contributed by atoms with Crippen molar-refractivity contribution in [1.82, 2.24) is 25.7 Å². The van der Waals surface area contributed by atoms with Crippen molar-refractivity contribution in [1.29, 1.82) is 0 Å². The van der Waals surface area contributed by atoms with Crippen LogP contribution in [-0.2, 0) is 11.3 Å². The van der Waals surface area contributed by atoms with E-state index < -0.39 is 17.2 Å². The van der Waals surface area contributed by atoms with Gasteiger partial charge in [-0.1, -0.05) is 13.8 Å². The minimum absolute atomic E-state index is 0.404. The number of aromatic nitrogens is 2. The Labute approximate surface area is 169 Å². The van der Waals surface area contributed by atoms with Gasteiger partial charge in [0.2, 0.25) is 0 Å². The molecule has 1 aromatic rings. The van der Waals surface area contributed by atoms with Gasteiger partial charge in [0.05, 0.1) is 24.8 Å². The van der Waals surface area contributed by atoms with Crippen molar-refractivity contribution in [2.75, 3.05) is 19.6 Å². The Morgan fingerprint density at radius 2 is 1.89 bits per heavy atom. The van der Waals surface area contributed by atoms with E-state index >= 15 is 0 Å². The lowest BCUT2D eigenvalue weighted by Crippen LogP contribution is -2.52. The lowest BCUT2D eigenvalue weighted by Gasteiger charge is -2.32. The third-order valence-corrected chi connectivity index (χ3v) is 4.40. The first-order chi connectivity index (χ1) is 13.1. The summed E-state index contributed by atoms with van der Waals surface area (Å²) in [6.45, 7) is 16.4. The standard InChI is InChI=1S/C20H38N6O2/c1-8-20(9-2,25-18(27)28-19(5,6)7)15-23-17(21-10-3)22-11-12-26-14-16(4)13-24-26/h13-14H,8-12,15H2,1-7H3,(H,25,27)(H2,21,22,23). The Morgan fingerprint density at radius 3 is 2.39 bits per heavy atom. The molecule has 0 atom stereocenters. The van der Waals surface area contributed by atoms with Crippen LogP contribution in [-0.4, -0.2) is 52.6 Å². The molecule has 0 aliphatic heterocycles. The molecule has 0 saturated heterocycles. The van der Waals surface area contributed by atoms with Crippen molar-refractivity contribution < 1.29 is 9.53 Å². The number of hydrogen-bond donors (Lipinski definition) is 3. The molecule has 8 nitrogen and oxygen atoms in total. The Morgan fingerprint density at radius 1 is 1.21 bits per heavy atom. The van der Waals surface area contributed by atoms with Crippen LogP contribution in [0, 0.1) is 6.92 Å². The lowest BCUT2D eigenvalue weighted by atomic mass is 9.93. The summed E-state index contributed by atoms with van der Waals surface area (Å²) in [6.07, 6.45) is 4.98. The maximum absolute atomic E-state index is 12.3. The summed E-state index contributed by atoms with van der Waals surface area (Å²) in [4.78, 5) is 17.0. The second-order valence-electron chi connectivity index (χ2n) is 8.02. The minimum Gasteiger partial charge on any atom is -0.444 e. The van der Waals surface area contributed by atoms with Crippen molar-refractivity contribution in [2.24, 2.45) is 4.99 Å². The molecule has 0 unspecified atom stereocenters. The quantitative estimate of drug-likeness (QED) is 0.442. The van der Waals surface area contributed by atoms with Gasteiger partial charge in [0.1, 0.15) is 5.60 Å². The van der Waals surface area contributed by atoms with Crippen LogP contribution in [0.3, 0.4) is 0 Å². The molecule has 0 aromatic carbocycles. The van der Waals surface area contributed by atoms with Crippen molar-refractivity contribution in [3.63, 3.8) is 0 Å². The van der Waals surface area contributed by atoms with Gasteiger partial charge in [-0.25, -0.2) is 4.79 Å². The highest BCUT2D eigenvalue weighted by atomic mass is 16.6. The third kappa shape index (κ3) is 8.63. The van der Waals surface area contributed by atoms with E-state index in [2.05, 4.69) is 34.9 Å². The summed E-state index contributed by atoms with van der Waals surface area (Å²) in [7, 11) is 0. The Hall–Kier alpha value is -2.25. The molecular formula is C20H38N6O2. The molecule has 0 bridgehead atoms. The molecule has 0 saturated carbocycles. The Kier molecular flexibility index (Phi) is 9.28. The first-order valence-electron chi connectivity index (χ1n) is 10.2. The first-order valence-corrected chi connectivity index (χ1v) is 10.2. The van der Waals surface area contributed by atoms with Crippen LogP contribution in [0.1, 0.15) is 59.9 Å². The average molecular weight is 395 g/mol. The number of amides is 1. The van der Waals surface area contributed by atoms with Crippen molar-refractivity contribution >= 4 is 12.1 Å². The maximum atomic E-state index is 12.3. The molecule has 1 aromatic heterocycles. The highest BCUT2D eigenvalue weighted by Gasteiger charge is 2.30. The number of alkyl carbamates (subject to hydrolysis) is 1. The van der Waals surface area contributed by atoms with Gasteiger partial charge in [0, 0.05) is 19.3 Å². The molecule has 160 valence electrons. The molecule has 1 rings (SSSR count). The summed E-state index contributed by atoms with van der Waals surface area (Å²) in [5.41, 5.74) is 0.176. The van der Waals surface area contributed by atoms with E-state index in [0.29, 0.717) is 13.1 Å². The van der Waals surface area contributed by atoms with Crippen LogP contribution in [0.4, 0.5) is 4.79 Å². The number of carbonyl (C=O) groups excluding carboxylic acids is 1. The monoisotopic (exact) mass is 394 g/mol. The van der Waals surface area contributed by atoms with E-state index in [1.807, 2.05) is 51.7 Å². The van der Waals surface area contributed by atoms with Crippen molar-refractivity contribution in [2.45, 2.75) is 79.0 Å². The topological polar surface area (TPSA) is 92.6 Å². The van der Waals surface area contributed by atoms with Crippen LogP contribution < -0.4 is 16.0 Å². The van der Waals surface area contributed by atoms with Gasteiger partial charge in [-0.3, -0.25) is 9.67 Å². The number of aryl methyl sites for hydroxylation is 1. The summed E-state index contributed by atoms with van der Waals surface area (Å²) < 4.78 is 7.33. The summed E-state index contributed by atoms with van der Waals surface area (Å²) in [5, 5.41) is 13.9. The number of ether oxygens (including phenoxy) is 1. The van der Waals surface area contributed by atoms with Crippen LogP contribution in [0.2, 0.25) is 0 Å². The second-order valence-corrected chi connectivity index (χ2v) is 8.02. The molecule has 0 aliphatic rings. The highest BCUT2D eigenvalue weighted by Crippen LogP contribution is 2.17. The van der Waals surface area contributed by atoms with Crippen molar-refractivity contribution in [3.05, 3.63) is 18.0 Å². The first kappa shape index (κ1) is 23.8. The molecule has 28 heavy (non-hydrogen) atoms. The number of nitrogens with one attached hydrogen (secondary N) is 3. The molecule has 8 heteroatoms. The van der Waals surface area contributed by atoms with Crippen LogP contribution in [0.25, 0.3) is 0 Å². The van der Waals surface area contributed by atoms with Gasteiger partial charge in [-0.05, 0) is 53.0 Å². The number of aliphatic imine (C=N–C) groups is 1. The Balaban J connectivity index is 2.71. The van der Waals surface area contributed by atoms with Gasteiger partial charge in [0.25, 0.3) is 0 Å². The fraction of sp³-hybridized carbons (Fsp3) is 0.750. The van der Waals surface area contributed by atoms with E-state index in [1.54, 1.807) is 0 Å². The molecule has 3 N–H and O–H groups in total. The average Bonchev–Trinajstić information content (AvgIpc) is 3.02. The number of rotatable bonds is 9. The van der Waals surface area contributed by atoms with Crippen molar-refractivity contribution in [3.8, 4) is 0 Å². The zero-order chi connectivity index (χ0) is 21.2. The molecule has 1 heterocycles. The van der Waals surface area contributed by atoms with Gasteiger partial charge < -0.3 is 20.7 Å². The minimum atomic E-state index is -0.526. The van der Waals surface area contributed by atoms with Gasteiger partial charge in [0.15, 0.2) is 5.96 Å². The number of carbonyl (C=O) groups is 1. The van der Waals surface area contributed by atoms with Crippen LogP contribution >= 0.6 is 0 Å². The zero-order valence-corrected chi connectivity index (χ0v) is 18.6. The lowest BCUT2D eigenvalue weighted by molar-refractivity contribution is 0.0452. The summed E-state index contributed by atoms with van der Waals surface area (Å²) >= 11 is 0. The molecule has 0 spiro atoms. The molecule has 0 radical (unpaired) electrons. The molecule has 0 fully saturated rings. The van der Waals surface area contributed by atoms with E-state index in [0.717, 1.165) is 37.5 Å². The van der Waals surface area contributed by atoms with Gasteiger partial charge in [-0.15, -0.1) is 0 Å². The molecule has 1 amide bonds. The zero-order valence-electron chi connectivity index (χ0n) is 18.6. The van der Waals surface area contributed by atoms with Gasteiger partial charge in [-0.2, -0.15) is 5.10 Å². The summed E-state index contributed by atoms with van der Waals surface area (Å²) in [5.74, 6) is 0.726. The number of hydrogen-bond acceptors (Lipinski definition) is 4. The fourth-order valence-electron chi connectivity index (χ4n) is 2.66. The molecule has 0 aliphatic carbocycles. The second kappa shape index (κ2) is 10.9. The largest absolute Gasteiger partial charge is 0.444 e. The number of guanidine groups is 1. The normalized spacial score (nSPS) is 12.6. The predicted molar refractivity (Wildman–Crippen MR) is 114 cm³/mol. The van der Waals surface area contributed by atoms with E-state index in [1.165, 1.54) is 0 Å². The van der Waals surface area contributed by atoms with Gasteiger partial charge >= 0.3 is 6.09 Å². The smallest absolute Gasteiger partial charge is 0.408 e. The van der Waals surface area contributed by atoms with E-state index in [4.69, 9.17) is 9.73 Å².